The monoisotopic (exact) mass is 311 g/mol. The number of aryl methyl sites for hydroxylation is 1. The van der Waals surface area contributed by atoms with Crippen LogP contribution in [0.2, 0.25) is 0 Å². The van der Waals surface area contributed by atoms with Crippen LogP contribution in [0.15, 0.2) is 48.5 Å². The average Bonchev–Trinajstić information content (AvgIpc) is 2.56. The second kappa shape index (κ2) is 7.82. The first-order chi connectivity index (χ1) is 11.0. The van der Waals surface area contributed by atoms with E-state index in [4.69, 9.17) is 4.74 Å². The van der Waals surface area contributed by atoms with Crippen molar-refractivity contribution in [3.8, 4) is 5.75 Å². The van der Waals surface area contributed by atoms with Crippen LogP contribution in [-0.2, 0) is 4.79 Å². The highest BCUT2D eigenvalue weighted by Gasteiger charge is 2.21. The van der Waals surface area contributed by atoms with Crippen LogP contribution in [0.5, 0.6) is 5.75 Å². The summed E-state index contributed by atoms with van der Waals surface area (Å²) in [4.78, 5) is 12.5. The standard InChI is InChI=1S/C20H25NO2/c1-5-18(23-19-13-9-10-14(2)15(19)3)20(22)21-16(4)17-11-7-6-8-12-17/h6-13,16,18H,5H2,1-4H3,(H,21,22)/t16-,18-/m0/s1. The summed E-state index contributed by atoms with van der Waals surface area (Å²) in [7, 11) is 0. The lowest BCUT2D eigenvalue weighted by molar-refractivity contribution is -0.128. The maximum atomic E-state index is 12.5. The van der Waals surface area contributed by atoms with Crippen LogP contribution in [0.25, 0.3) is 0 Å². The van der Waals surface area contributed by atoms with Gasteiger partial charge in [-0.1, -0.05) is 49.4 Å². The summed E-state index contributed by atoms with van der Waals surface area (Å²) < 4.78 is 5.96. The molecule has 23 heavy (non-hydrogen) atoms. The molecule has 122 valence electrons. The van der Waals surface area contributed by atoms with E-state index in [9.17, 15) is 4.79 Å². The fraction of sp³-hybridized carbons (Fsp3) is 0.350. The lowest BCUT2D eigenvalue weighted by Crippen LogP contribution is -2.39. The van der Waals surface area contributed by atoms with Crippen molar-refractivity contribution in [1.29, 1.82) is 0 Å². The van der Waals surface area contributed by atoms with Crippen molar-refractivity contribution in [3.63, 3.8) is 0 Å². The van der Waals surface area contributed by atoms with Crippen LogP contribution in [0.1, 0.15) is 43.0 Å². The summed E-state index contributed by atoms with van der Waals surface area (Å²) in [6.07, 6.45) is 0.141. The predicted octanol–water partition coefficient (Wildman–Crippen LogP) is 4.34. The van der Waals surface area contributed by atoms with Gasteiger partial charge < -0.3 is 10.1 Å². The molecule has 0 radical (unpaired) electrons. The number of ether oxygens (including phenoxy) is 1. The zero-order valence-corrected chi connectivity index (χ0v) is 14.3. The van der Waals surface area contributed by atoms with Gasteiger partial charge in [0.05, 0.1) is 6.04 Å². The van der Waals surface area contributed by atoms with Gasteiger partial charge in [0.1, 0.15) is 5.75 Å². The van der Waals surface area contributed by atoms with Crippen LogP contribution in [0, 0.1) is 13.8 Å². The Morgan fingerprint density at radius 2 is 1.78 bits per heavy atom. The first kappa shape index (κ1) is 17.1. The summed E-state index contributed by atoms with van der Waals surface area (Å²) in [5.41, 5.74) is 3.33. The van der Waals surface area contributed by atoms with Crippen molar-refractivity contribution in [2.75, 3.05) is 0 Å². The topological polar surface area (TPSA) is 38.3 Å². The smallest absolute Gasteiger partial charge is 0.261 e. The number of carbonyl (C=O) groups is 1. The molecule has 1 N–H and O–H groups in total. The van der Waals surface area contributed by atoms with Crippen molar-refractivity contribution in [3.05, 3.63) is 65.2 Å². The summed E-state index contributed by atoms with van der Waals surface area (Å²) in [6, 6.07) is 15.8. The molecule has 0 aliphatic heterocycles. The normalized spacial score (nSPS) is 13.2. The summed E-state index contributed by atoms with van der Waals surface area (Å²) in [6.45, 7) is 8.00. The van der Waals surface area contributed by atoms with E-state index in [1.807, 2.05) is 76.2 Å². The van der Waals surface area contributed by atoms with E-state index in [1.54, 1.807) is 0 Å². The molecule has 0 aliphatic carbocycles. The van der Waals surface area contributed by atoms with Gasteiger partial charge in [-0.15, -0.1) is 0 Å². The molecule has 2 aromatic rings. The molecule has 0 spiro atoms. The third kappa shape index (κ3) is 4.35. The van der Waals surface area contributed by atoms with Crippen molar-refractivity contribution in [2.45, 2.75) is 46.3 Å². The van der Waals surface area contributed by atoms with Gasteiger partial charge in [-0.2, -0.15) is 0 Å². The lowest BCUT2D eigenvalue weighted by atomic mass is 10.1. The van der Waals surface area contributed by atoms with Crippen molar-refractivity contribution < 1.29 is 9.53 Å². The summed E-state index contributed by atoms with van der Waals surface area (Å²) in [5, 5.41) is 3.04. The Bertz CT molecular complexity index is 652. The van der Waals surface area contributed by atoms with E-state index in [2.05, 4.69) is 5.32 Å². The number of carbonyl (C=O) groups excluding carboxylic acids is 1. The zero-order valence-electron chi connectivity index (χ0n) is 14.3. The van der Waals surface area contributed by atoms with Gasteiger partial charge in [0.25, 0.3) is 5.91 Å². The highest BCUT2D eigenvalue weighted by molar-refractivity contribution is 5.81. The quantitative estimate of drug-likeness (QED) is 0.862. The fourth-order valence-corrected chi connectivity index (χ4v) is 2.46. The van der Waals surface area contributed by atoms with Gasteiger partial charge in [0.2, 0.25) is 0 Å². The molecule has 0 heterocycles. The molecule has 2 rings (SSSR count). The third-order valence-electron chi connectivity index (χ3n) is 4.15. The number of benzene rings is 2. The van der Waals surface area contributed by atoms with Crippen molar-refractivity contribution >= 4 is 5.91 Å². The van der Waals surface area contributed by atoms with Crippen LogP contribution in [0.4, 0.5) is 0 Å². The highest BCUT2D eigenvalue weighted by atomic mass is 16.5. The maximum absolute atomic E-state index is 12.5. The van der Waals surface area contributed by atoms with E-state index in [1.165, 1.54) is 0 Å². The van der Waals surface area contributed by atoms with Gasteiger partial charge in [-0.05, 0) is 49.9 Å². The number of nitrogens with one attached hydrogen (secondary N) is 1. The SMILES string of the molecule is CC[C@H](Oc1cccc(C)c1C)C(=O)N[C@@H](C)c1ccccc1. The maximum Gasteiger partial charge on any atom is 0.261 e. The molecule has 3 heteroatoms. The Kier molecular flexibility index (Phi) is 5.80. The first-order valence-corrected chi connectivity index (χ1v) is 8.11. The molecule has 0 unspecified atom stereocenters. The number of hydrogen-bond donors (Lipinski definition) is 1. The van der Waals surface area contributed by atoms with E-state index in [-0.39, 0.29) is 11.9 Å². The fourth-order valence-electron chi connectivity index (χ4n) is 2.46. The Morgan fingerprint density at radius 1 is 1.09 bits per heavy atom. The molecule has 0 aliphatic rings. The molecular weight excluding hydrogens is 286 g/mol. The second-order valence-corrected chi connectivity index (χ2v) is 5.85. The minimum Gasteiger partial charge on any atom is -0.480 e. The Labute approximate surface area is 138 Å². The Hall–Kier alpha value is -2.29. The molecule has 2 aromatic carbocycles. The molecule has 1 amide bonds. The Morgan fingerprint density at radius 3 is 2.43 bits per heavy atom. The zero-order chi connectivity index (χ0) is 16.8. The van der Waals surface area contributed by atoms with E-state index < -0.39 is 6.10 Å². The third-order valence-corrected chi connectivity index (χ3v) is 4.15. The average molecular weight is 311 g/mol. The van der Waals surface area contributed by atoms with Gasteiger partial charge in [-0.3, -0.25) is 4.79 Å². The molecule has 0 fully saturated rings. The van der Waals surface area contributed by atoms with Crippen LogP contribution in [-0.4, -0.2) is 12.0 Å². The molecule has 3 nitrogen and oxygen atoms in total. The second-order valence-electron chi connectivity index (χ2n) is 5.85. The number of hydrogen-bond acceptors (Lipinski definition) is 2. The molecule has 0 saturated heterocycles. The minimum atomic E-state index is -0.485. The predicted molar refractivity (Wildman–Crippen MR) is 93.6 cm³/mol. The van der Waals surface area contributed by atoms with E-state index >= 15 is 0 Å². The summed E-state index contributed by atoms with van der Waals surface area (Å²) >= 11 is 0. The van der Waals surface area contributed by atoms with Gasteiger partial charge in [-0.25, -0.2) is 0 Å². The highest BCUT2D eigenvalue weighted by Crippen LogP contribution is 2.23. The molecule has 0 aromatic heterocycles. The molecule has 0 bridgehead atoms. The number of amides is 1. The van der Waals surface area contributed by atoms with Crippen LogP contribution in [0.3, 0.4) is 0 Å². The molecular formula is C20H25NO2. The van der Waals surface area contributed by atoms with E-state index in [0.29, 0.717) is 6.42 Å². The molecule has 2 atom stereocenters. The van der Waals surface area contributed by atoms with Crippen molar-refractivity contribution in [1.82, 2.24) is 5.32 Å². The van der Waals surface area contributed by atoms with Gasteiger partial charge in [0, 0.05) is 0 Å². The van der Waals surface area contributed by atoms with Gasteiger partial charge >= 0.3 is 0 Å². The first-order valence-electron chi connectivity index (χ1n) is 8.11. The van der Waals surface area contributed by atoms with E-state index in [0.717, 1.165) is 22.4 Å². The summed E-state index contributed by atoms with van der Waals surface area (Å²) in [5.74, 6) is 0.698. The minimum absolute atomic E-state index is 0.0417. The van der Waals surface area contributed by atoms with Crippen LogP contribution < -0.4 is 10.1 Å². The van der Waals surface area contributed by atoms with Crippen LogP contribution >= 0.6 is 0 Å². The van der Waals surface area contributed by atoms with Gasteiger partial charge in [0.15, 0.2) is 6.10 Å². The van der Waals surface area contributed by atoms with Crippen molar-refractivity contribution in [2.24, 2.45) is 0 Å². The molecule has 0 saturated carbocycles. The lowest BCUT2D eigenvalue weighted by Gasteiger charge is -2.22. The largest absolute Gasteiger partial charge is 0.480 e. The number of rotatable bonds is 6. The Balaban J connectivity index is 2.05.